The summed E-state index contributed by atoms with van der Waals surface area (Å²) in [6.07, 6.45) is 4.82. The van der Waals surface area contributed by atoms with Gasteiger partial charge < -0.3 is 4.74 Å². The van der Waals surface area contributed by atoms with Gasteiger partial charge in [0.05, 0.1) is 36.2 Å². The van der Waals surface area contributed by atoms with E-state index in [1.807, 2.05) is 12.3 Å². The number of aromatic nitrogens is 2. The van der Waals surface area contributed by atoms with Crippen LogP contribution in [-0.2, 0) is 17.8 Å². The first-order valence-corrected chi connectivity index (χ1v) is 6.60. The monoisotopic (exact) mass is 271 g/mol. The zero-order valence-electron chi connectivity index (χ0n) is 10.9. The van der Waals surface area contributed by atoms with Crippen molar-refractivity contribution in [3.05, 3.63) is 52.6 Å². The predicted molar refractivity (Wildman–Crippen MR) is 70.2 cm³/mol. The summed E-state index contributed by atoms with van der Waals surface area (Å²) < 4.78 is 19.0. The lowest BCUT2D eigenvalue weighted by Crippen LogP contribution is -2.12. The molecule has 3 rings (SSSR count). The molecule has 0 spiro atoms. The molecule has 102 valence electrons. The van der Waals surface area contributed by atoms with Gasteiger partial charge in [-0.1, -0.05) is 6.07 Å². The van der Waals surface area contributed by atoms with E-state index < -0.39 is 5.82 Å². The maximum absolute atomic E-state index is 13.1. The lowest BCUT2D eigenvalue weighted by molar-refractivity contribution is 0.0253. The summed E-state index contributed by atoms with van der Waals surface area (Å²) in [5, 5.41) is 16.0. The van der Waals surface area contributed by atoms with Crippen molar-refractivity contribution in [2.24, 2.45) is 0 Å². The van der Waals surface area contributed by atoms with Crippen LogP contribution in [0.1, 0.15) is 41.3 Å². The number of rotatable bonds is 3. The van der Waals surface area contributed by atoms with E-state index in [0.717, 1.165) is 25.0 Å². The number of nitriles is 1. The number of H-pyrrole nitrogens is 1. The number of aromatic amines is 1. The minimum absolute atomic E-state index is 0.0298. The van der Waals surface area contributed by atoms with Crippen LogP contribution in [0.25, 0.3) is 0 Å². The molecule has 0 radical (unpaired) electrons. The average molecular weight is 271 g/mol. The smallest absolute Gasteiger partial charge is 0.124 e. The lowest BCUT2D eigenvalue weighted by atomic mass is 9.95. The normalized spacial score (nSPS) is 17.5. The fraction of sp³-hybridized carbons (Fsp3) is 0.333. The Hall–Kier alpha value is -2.19. The average Bonchev–Trinajstić information content (AvgIpc) is 2.94. The van der Waals surface area contributed by atoms with E-state index in [9.17, 15) is 4.39 Å². The fourth-order valence-corrected chi connectivity index (χ4v) is 2.56. The molecule has 0 bridgehead atoms. The van der Waals surface area contributed by atoms with Gasteiger partial charge >= 0.3 is 0 Å². The Balaban J connectivity index is 1.74. The van der Waals surface area contributed by atoms with Crippen LogP contribution < -0.4 is 0 Å². The van der Waals surface area contributed by atoms with Crippen molar-refractivity contribution in [3.8, 4) is 6.07 Å². The van der Waals surface area contributed by atoms with Gasteiger partial charge in [0, 0.05) is 0 Å². The standard InChI is InChI=1S/C15H14FN3O/c16-13-5-4-11(12(6-13)7-17)9-20-14-3-1-2-10-8-18-19-15(10)14/h4-6,8,14H,1-3,9H2,(H,18,19). The van der Waals surface area contributed by atoms with E-state index in [-0.39, 0.29) is 6.10 Å². The van der Waals surface area contributed by atoms with E-state index in [1.54, 1.807) is 6.07 Å². The largest absolute Gasteiger partial charge is 0.367 e. The lowest BCUT2D eigenvalue weighted by Gasteiger charge is -2.22. The van der Waals surface area contributed by atoms with Crippen molar-refractivity contribution < 1.29 is 9.13 Å². The van der Waals surface area contributed by atoms with Crippen LogP contribution in [-0.4, -0.2) is 10.2 Å². The molecular weight excluding hydrogens is 257 g/mol. The Labute approximate surface area is 116 Å². The van der Waals surface area contributed by atoms with Crippen molar-refractivity contribution in [1.29, 1.82) is 5.26 Å². The minimum Gasteiger partial charge on any atom is -0.367 e. The minimum atomic E-state index is -0.404. The molecule has 0 amide bonds. The summed E-state index contributed by atoms with van der Waals surface area (Å²) in [5.41, 5.74) is 3.25. The molecule has 1 aromatic heterocycles. The second-order valence-electron chi connectivity index (χ2n) is 4.91. The zero-order chi connectivity index (χ0) is 13.9. The van der Waals surface area contributed by atoms with Crippen LogP contribution in [0.2, 0.25) is 0 Å². The number of nitrogens with zero attached hydrogens (tertiary/aromatic N) is 2. The molecule has 5 heteroatoms. The number of nitrogens with one attached hydrogen (secondary N) is 1. The quantitative estimate of drug-likeness (QED) is 0.933. The highest BCUT2D eigenvalue weighted by Gasteiger charge is 2.22. The molecule has 1 aliphatic rings. The van der Waals surface area contributed by atoms with E-state index in [0.29, 0.717) is 17.7 Å². The highest BCUT2D eigenvalue weighted by atomic mass is 19.1. The van der Waals surface area contributed by atoms with Crippen LogP contribution in [0, 0.1) is 17.1 Å². The van der Waals surface area contributed by atoms with Crippen LogP contribution in [0.3, 0.4) is 0 Å². The summed E-state index contributed by atoms with van der Waals surface area (Å²) in [5.74, 6) is -0.404. The number of fused-ring (bicyclic) bond motifs is 1. The molecule has 20 heavy (non-hydrogen) atoms. The molecule has 1 unspecified atom stereocenters. The van der Waals surface area contributed by atoms with E-state index in [2.05, 4.69) is 10.2 Å². The summed E-state index contributed by atoms with van der Waals surface area (Å²) >= 11 is 0. The number of hydrogen-bond donors (Lipinski definition) is 1. The van der Waals surface area contributed by atoms with Crippen molar-refractivity contribution in [2.75, 3.05) is 0 Å². The molecule has 0 fully saturated rings. The van der Waals surface area contributed by atoms with Crippen molar-refractivity contribution in [1.82, 2.24) is 10.2 Å². The van der Waals surface area contributed by atoms with Gasteiger partial charge in [-0.2, -0.15) is 10.4 Å². The number of halogens is 1. The Morgan fingerprint density at radius 1 is 1.50 bits per heavy atom. The van der Waals surface area contributed by atoms with Gasteiger partial charge in [0.1, 0.15) is 5.82 Å². The third-order valence-electron chi connectivity index (χ3n) is 3.62. The first-order chi connectivity index (χ1) is 9.78. The third-order valence-corrected chi connectivity index (χ3v) is 3.62. The summed E-state index contributed by atoms with van der Waals surface area (Å²) in [4.78, 5) is 0. The van der Waals surface area contributed by atoms with Crippen LogP contribution in [0.15, 0.2) is 24.4 Å². The van der Waals surface area contributed by atoms with E-state index in [4.69, 9.17) is 10.00 Å². The number of hydrogen-bond acceptors (Lipinski definition) is 3. The summed E-state index contributed by atoms with van der Waals surface area (Å²) in [6, 6.07) is 6.19. The van der Waals surface area contributed by atoms with Crippen molar-refractivity contribution >= 4 is 0 Å². The predicted octanol–water partition coefficient (Wildman–Crippen LogP) is 3.01. The Morgan fingerprint density at radius 3 is 3.25 bits per heavy atom. The van der Waals surface area contributed by atoms with Crippen LogP contribution in [0.4, 0.5) is 4.39 Å². The Kier molecular flexibility index (Phi) is 3.48. The van der Waals surface area contributed by atoms with Gasteiger partial charge in [0.15, 0.2) is 0 Å². The summed E-state index contributed by atoms with van der Waals surface area (Å²) in [6.45, 7) is 0.298. The molecule has 1 heterocycles. The van der Waals surface area contributed by atoms with Gasteiger partial charge in [0.25, 0.3) is 0 Å². The Bertz CT molecular complexity index is 659. The Morgan fingerprint density at radius 2 is 2.40 bits per heavy atom. The molecule has 4 nitrogen and oxygen atoms in total. The molecule has 0 aliphatic heterocycles. The molecule has 1 aromatic carbocycles. The van der Waals surface area contributed by atoms with Gasteiger partial charge in [-0.05, 0) is 42.5 Å². The first-order valence-electron chi connectivity index (χ1n) is 6.60. The van der Waals surface area contributed by atoms with Gasteiger partial charge in [0.2, 0.25) is 0 Å². The molecular formula is C15H14FN3O. The number of ether oxygens (including phenoxy) is 1. The second-order valence-corrected chi connectivity index (χ2v) is 4.91. The van der Waals surface area contributed by atoms with E-state index in [1.165, 1.54) is 17.7 Å². The van der Waals surface area contributed by atoms with Gasteiger partial charge in [-0.15, -0.1) is 0 Å². The first kappa shape index (κ1) is 12.8. The fourth-order valence-electron chi connectivity index (χ4n) is 2.56. The molecule has 1 aliphatic carbocycles. The number of benzene rings is 1. The zero-order valence-corrected chi connectivity index (χ0v) is 10.9. The second kappa shape index (κ2) is 5.43. The molecule has 1 atom stereocenters. The maximum atomic E-state index is 13.1. The van der Waals surface area contributed by atoms with Crippen molar-refractivity contribution in [3.63, 3.8) is 0 Å². The summed E-state index contributed by atoms with van der Waals surface area (Å²) in [7, 11) is 0. The SMILES string of the molecule is N#Cc1cc(F)ccc1COC1CCCc2cn[nH]c21. The topological polar surface area (TPSA) is 61.7 Å². The highest BCUT2D eigenvalue weighted by Crippen LogP contribution is 2.31. The van der Waals surface area contributed by atoms with Crippen LogP contribution in [0.5, 0.6) is 0 Å². The van der Waals surface area contributed by atoms with Gasteiger partial charge in [-0.3, -0.25) is 5.10 Å². The number of aryl methyl sites for hydroxylation is 1. The highest BCUT2D eigenvalue weighted by molar-refractivity contribution is 5.37. The molecule has 0 saturated carbocycles. The van der Waals surface area contributed by atoms with Crippen molar-refractivity contribution in [2.45, 2.75) is 32.0 Å². The van der Waals surface area contributed by atoms with E-state index >= 15 is 0 Å². The molecule has 1 N–H and O–H groups in total. The van der Waals surface area contributed by atoms with Crippen LogP contribution >= 0.6 is 0 Å². The third kappa shape index (κ3) is 2.43. The molecule has 0 saturated heterocycles. The maximum Gasteiger partial charge on any atom is 0.124 e. The van der Waals surface area contributed by atoms with Gasteiger partial charge in [-0.25, -0.2) is 4.39 Å². The molecule has 2 aromatic rings.